The molecule has 0 unspecified atom stereocenters. The van der Waals surface area contributed by atoms with E-state index < -0.39 is 0 Å². The molecule has 5 heteroatoms. The van der Waals surface area contributed by atoms with Crippen LogP contribution in [0.4, 0.5) is 0 Å². The average Bonchev–Trinajstić information content (AvgIpc) is 3.29. The topological polar surface area (TPSA) is 42.4 Å². The van der Waals surface area contributed by atoms with Crippen LogP contribution in [0.15, 0.2) is 35.7 Å². The van der Waals surface area contributed by atoms with Crippen molar-refractivity contribution in [2.45, 2.75) is 44.6 Å². The third kappa shape index (κ3) is 4.33. The minimum absolute atomic E-state index is 0.0722. The second kappa shape index (κ2) is 8.31. The Balaban J connectivity index is 1.43. The second-order valence-corrected chi connectivity index (χ2v) is 8.37. The molecule has 4 nitrogen and oxygen atoms in total. The zero-order valence-corrected chi connectivity index (χ0v) is 15.9. The van der Waals surface area contributed by atoms with E-state index in [0.717, 1.165) is 37.4 Å². The molecular formula is C21H26N2O2S. The molecule has 1 aliphatic carbocycles. The van der Waals surface area contributed by atoms with Crippen LogP contribution in [0.25, 0.3) is 0 Å². The predicted molar refractivity (Wildman–Crippen MR) is 104 cm³/mol. The van der Waals surface area contributed by atoms with Crippen molar-refractivity contribution in [2.75, 3.05) is 19.7 Å². The van der Waals surface area contributed by atoms with Crippen LogP contribution in [0.1, 0.15) is 53.2 Å². The summed E-state index contributed by atoms with van der Waals surface area (Å²) in [6.45, 7) is 2.39. The van der Waals surface area contributed by atoms with E-state index in [4.69, 9.17) is 4.74 Å². The Kier molecular flexibility index (Phi) is 5.65. The highest BCUT2D eigenvalue weighted by Gasteiger charge is 2.29. The van der Waals surface area contributed by atoms with Crippen LogP contribution in [0.2, 0.25) is 0 Å². The lowest BCUT2D eigenvalue weighted by molar-refractivity contribution is 0.0444. The molecule has 1 aromatic carbocycles. The van der Waals surface area contributed by atoms with Gasteiger partial charge in [-0.2, -0.15) is 0 Å². The average molecular weight is 371 g/mol. The molecule has 1 aliphatic heterocycles. The summed E-state index contributed by atoms with van der Waals surface area (Å²) in [4.78, 5) is 19.7. The summed E-state index contributed by atoms with van der Waals surface area (Å²) in [7, 11) is 0. The number of benzene rings is 1. The Morgan fingerprint density at radius 2 is 2.00 bits per heavy atom. The van der Waals surface area contributed by atoms with Crippen LogP contribution in [-0.2, 0) is 11.2 Å². The van der Waals surface area contributed by atoms with Gasteiger partial charge < -0.3 is 9.64 Å². The van der Waals surface area contributed by atoms with Gasteiger partial charge in [-0.25, -0.2) is 4.98 Å². The molecule has 0 bridgehead atoms. The number of thiazole rings is 1. The van der Waals surface area contributed by atoms with Gasteiger partial charge >= 0.3 is 0 Å². The Bertz CT molecular complexity index is 721. The number of amides is 1. The summed E-state index contributed by atoms with van der Waals surface area (Å²) in [5, 5.41) is 2.92. The smallest absolute Gasteiger partial charge is 0.273 e. The van der Waals surface area contributed by atoms with E-state index in [1.165, 1.54) is 24.8 Å². The van der Waals surface area contributed by atoms with Crippen molar-refractivity contribution in [3.8, 4) is 0 Å². The summed E-state index contributed by atoms with van der Waals surface area (Å²) in [5.41, 5.74) is 1.82. The quantitative estimate of drug-likeness (QED) is 0.735. The molecule has 1 aromatic heterocycles. The molecule has 138 valence electrons. The van der Waals surface area contributed by atoms with Crippen LogP contribution in [0, 0.1) is 5.92 Å². The van der Waals surface area contributed by atoms with Gasteiger partial charge in [0.05, 0.1) is 11.1 Å². The standard InChI is InChI=1S/C21H26N2O2S/c24-21(19-15-26-20(22-19)12-16-6-2-1-3-7-16)23(13-17-8-4-9-17)14-18-10-5-11-25-18/h1-3,6-7,15,17-18H,4-5,8-14H2/t18-/m0/s1. The van der Waals surface area contributed by atoms with Gasteiger partial charge in [-0.1, -0.05) is 36.8 Å². The van der Waals surface area contributed by atoms with Crippen molar-refractivity contribution in [1.82, 2.24) is 9.88 Å². The van der Waals surface area contributed by atoms with E-state index in [9.17, 15) is 4.79 Å². The molecule has 0 radical (unpaired) electrons. The monoisotopic (exact) mass is 370 g/mol. The maximum atomic E-state index is 13.1. The largest absolute Gasteiger partial charge is 0.376 e. The fourth-order valence-corrected chi connectivity index (χ4v) is 4.49. The van der Waals surface area contributed by atoms with Gasteiger partial charge in [-0.3, -0.25) is 4.79 Å². The number of ether oxygens (including phenoxy) is 1. The first kappa shape index (κ1) is 17.7. The first-order chi connectivity index (χ1) is 12.8. The van der Waals surface area contributed by atoms with Crippen molar-refractivity contribution >= 4 is 17.2 Å². The maximum absolute atomic E-state index is 13.1. The lowest BCUT2D eigenvalue weighted by atomic mass is 9.85. The van der Waals surface area contributed by atoms with Crippen LogP contribution in [-0.4, -0.2) is 41.6 Å². The van der Waals surface area contributed by atoms with Crippen molar-refractivity contribution < 1.29 is 9.53 Å². The lowest BCUT2D eigenvalue weighted by Gasteiger charge is -2.33. The minimum Gasteiger partial charge on any atom is -0.376 e. The zero-order chi connectivity index (χ0) is 17.8. The molecule has 2 aromatic rings. The summed E-state index contributed by atoms with van der Waals surface area (Å²) in [5.74, 6) is 0.728. The van der Waals surface area contributed by atoms with Crippen LogP contribution >= 0.6 is 11.3 Å². The Labute approximate surface area is 159 Å². The maximum Gasteiger partial charge on any atom is 0.273 e. The molecule has 1 atom stereocenters. The van der Waals surface area contributed by atoms with Crippen molar-refractivity contribution in [3.63, 3.8) is 0 Å². The number of nitrogens with zero attached hydrogens (tertiary/aromatic N) is 2. The molecular weight excluding hydrogens is 344 g/mol. The molecule has 0 N–H and O–H groups in total. The first-order valence-corrected chi connectivity index (χ1v) is 10.5. The summed E-state index contributed by atoms with van der Waals surface area (Å²) < 4.78 is 5.78. The molecule has 4 rings (SSSR count). The SMILES string of the molecule is O=C(c1csc(Cc2ccccc2)n1)N(CC1CCC1)C[C@@H]1CCCO1. The van der Waals surface area contributed by atoms with Crippen LogP contribution in [0.5, 0.6) is 0 Å². The fourth-order valence-electron chi connectivity index (χ4n) is 3.68. The van der Waals surface area contributed by atoms with E-state index in [2.05, 4.69) is 17.1 Å². The third-order valence-corrected chi connectivity index (χ3v) is 6.26. The first-order valence-electron chi connectivity index (χ1n) is 9.67. The number of hydrogen-bond donors (Lipinski definition) is 0. The highest BCUT2D eigenvalue weighted by Crippen LogP contribution is 2.28. The lowest BCUT2D eigenvalue weighted by Crippen LogP contribution is -2.42. The van der Waals surface area contributed by atoms with Gasteiger partial charge in [-0.15, -0.1) is 11.3 Å². The highest BCUT2D eigenvalue weighted by molar-refractivity contribution is 7.09. The molecule has 0 spiro atoms. The van der Waals surface area contributed by atoms with E-state index in [1.807, 2.05) is 28.5 Å². The van der Waals surface area contributed by atoms with Gasteiger partial charge in [0.25, 0.3) is 5.91 Å². The second-order valence-electron chi connectivity index (χ2n) is 7.43. The minimum atomic E-state index is 0.0722. The van der Waals surface area contributed by atoms with Crippen LogP contribution in [0.3, 0.4) is 0 Å². The molecule has 2 fully saturated rings. The van der Waals surface area contributed by atoms with Gasteiger partial charge in [-0.05, 0) is 37.2 Å². The van der Waals surface area contributed by atoms with E-state index in [1.54, 1.807) is 11.3 Å². The molecule has 1 amide bonds. The van der Waals surface area contributed by atoms with E-state index in [-0.39, 0.29) is 12.0 Å². The predicted octanol–water partition coefficient (Wildman–Crippen LogP) is 4.16. The molecule has 1 saturated heterocycles. The summed E-state index contributed by atoms with van der Waals surface area (Å²) >= 11 is 1.58. The molecule has 2 aliphatic rings. The molecule has 26 heavy (non-hydrogen) atoms. The van der Waals surface area contributed by atoms with Gasteiger partial charge in [0.1, 0.15) is 5.69 Å². The summed E-state index contributed by atoms with van der Waals surface area (Å²) in [6.07, 6.45) is 6.93. The Hall–Kier alpha value is -1.72. The molecule has 1 saturated carbocycles. The van der Waals surface area contributed by atoms with Gasteiger partial charge in [0.15, 0.2) is 0 Å². The van der Waals surface area contributed by atoms with Crippen molar-refractivity contribution in [3.05, 3.63) is 52.0 Å². The number of carbonyl (C=O) groups is 1. The van der Waals surface area contributed by atoms with E-state index in [0.29, 0.717) is 18.2 Å². The zero-order valence-electron chi connectivity index (χ0n) is 15.1. The third-order valence-electron chi connectivity index (χ3n) is 5.41. The Morgan fingerprint density at radius 1 is 1.15 bits per heavy atom. The van der Waals surface area contributed by atoms with Crippen LogP contribution < -0.4 is 0 Å². The number of aromatic nitrogens is 1. The van der Waals surface area contributed by atoms with E-state index >= 15 is 0 Å². The van der Waals surface area contributed by atoms with Crippen molar-refractivity contribution in [2.24, 2.45) is 5.92 Å². The number of rotatable bonds is 7. The Morgan fingerprint density at radius 3 is 2.69 bits per heavy atom. The van der Waals surface area contributed by atoms with Gasteiger partial charge in [0.2, 0.25) is 0 Å². The molecule has 2 heterocycles. The fraction of sp³-hybridized carbons (Fsp3) is 0.524. The van der Waals surface area contributed by atoms with Crippen molar-refractivity contribution in [1.29, 1.82) is 0 Å². The highest BCUT2D eigenvalue weighted by atomic mass is 32.1. The summed E-state index contributed by atoms with van der Waals surface area (Å²) in [6, 6.07) is 10.3. The van der Waals surface area contributed by atoms with Gasteiger partial charge in [0, 0.05) is 31.5 Å². The number of carbonyl (C=O) groups excluding carboxylic acids is 1. The normalized spacial score (nSPS) is 20.1. The number of hydrogen-bond acceptors (Lipinski definition) is 4.